The summed E-state index contributed by atoms with van der Waals surface area (Å²) in [5, 5.41) is 9.23. The maximum Gasteiger partial charge on any atom is 0.416 e. The standard InChI is InChI=1S/C18H22N4O4S/c1-12(2)10-22-16(13-4-6-14(25-3)7-5-13)19-20-17(22)27-11-15(23)21-8-9-26-18(21)24/h4-7,12H,8-11H2,1-3H3. The van der Waals surface area contributed by atoms with Crippen LogP contribution in [0, 0.1) is 5.92 Å². The Morgan fingerprint density at radius 1 is 1.30 bits per heavy atom. The third kappa shape index (κ3) is 4.41. The van der Waals surface area contributed by atoms with Crippen LogP contribution in [0.1, 0.15) is 13.8 Å². The zero-order valence-electron chi connectivity index (χ0n) is 15.5. The first-order valence-corrected chi connectivity index (χ1v) is 9.65. The van der Waals surface area contributed by atoms with Gasteiger partial charge in [-0.3, -0.25) is 4.79 Å². The molecule has 27 heavy (non-hydrogen) atoms. The van der Waals surface area contributed by atoms with E-state index in [1.54, 1.807) is 7.11 Å². The summed E-state index contributed by atoms with van der Waals surface area (Å²) in [4.78, 5) is 24.9. The molecular formula is C18H22N4O4S. The molecule has 0 radical (unpaired) electrons. The Kier molecular flexibility index (Phi) is 6.00. The van der Waals surface area contributed by atoms with Gasteiger partial charge in [0.15, 0.2) is 11.0 Å². The number of ether oxygens (including phenoxy) is 2. The van der Waals surface area contributed by atoms with Crippen molar-refractivity contribution in [2.45, 2.75) is 25.5 Å². The van der Waals surface area contributed by atoms with Gasteiger partial charge in [0.25, 0.3) is 0 Å². The highest BCUT2D eigenvalue weighted by Crippen LogP contribution is 2.27. The van der Waals surface area contributed by atoms with Crippen molar-refractivity contribution in [1.29, 1.82) is 0 Å². The first kappa shape index (κ1) is 19.2. The average molecular weight is 390 g/mol. The van der Waals surface area contributed by atoms with E-state index in [2.05, 4.69) is 24.0 Å². The van der Waals surface area contributed by atoms with Crippen LogP contribution in [0.3, 0.4) is 0 Å². The Morgan fingerprint density at radius 2 is 2.04 bits per heavy atom. The fraction of sp³-hybridized carbons (Fsp3) is 0.444. The lowest BCUT2D eigenvalue weighted by molar-refractivity contribution is -0.125. The molecule has 1 saturated heterocycles. The SMILES string of the molecule is COc1ccc(-c2nnc(SCC(=O)N3CCOC3=O)n2CC(C)C)cc1. The molecule has 9 heteroatoms. The van der Waals surface area contributed by atoms with E-state index >= 15 is 0 Å². The van der Waals surface area contributed by atoms with E-state index in [-0.39, 0.29) is 18.3 Å². The van der Waals surface area contributed by atoms with Gasteiger partial charge in [-0.05, 0) is 30.2 Å². The Balaban J connectivity index is 1.79. The van der Waals surface area contributed by atoms with Crippen LogP contribution in [0.4, 0.5) is 4.79 Å². The molecule has 0 atom stereocenters. The fourth-order valence-corrected chi connectivity index (χ4v) is 3.53. The number of rotatable bonds is 7. The van der Waals surface area contributed by atoms with Crippen LogP contribution in [0.15, 0.2) is 29.4 Å². The molecule has 1 aliphatic rings. The van der Waals surface area contributed by atoms with E-state index in [4.69, 9.17) is 9.47 Å². The number of imide groups is 1. The predicted molar refractivity (Wildman–Crippen MR) is 101 cm³/mol. The lowest BCUT2D eigenvalue weighted by atomic mass is 10.2. The van der Waals surface area contributed by atoms with E-state index in [9.17, 15) is 9.59 Å². The van der Waals surface area contributed by atoms with Gasteiger partial charge >= 0.3 is 6.09 Å². The molecule has 1 fully saturated rings. The summed E-state index contributed by atoms with van der Waals surface area (Å²) in [6.45, 7) is 5.49. The summed E-state index contributed by atoms with van der Waals surface area (Å²) in [6.07, 6.45) is -0.580. The van der Waals surface area contributed by atoms with Crippen molar-refractivity contribution in [2.24, 2.45) is 5.92 Å². The first-order valence-electron chi connectivity index (χ1n) is 8.67. The second-order valence-electron chi connectivity index (χ2n) is 6.49. The summed E-state index contributed by atoms with van der Waals surface area (Å²) >= 11 is 1.27. The molecule has 144 valence electrons. The Morgan fingerprint density at radius 3 is 2.63 bits per heavy atom. The Hall–Kier alpha value is -2.55. The Bertz CT molecular complexity index is 819. The van der Waals surface area contributed by atoms with Gasteiger partial charge in [-0.25, -0.2) is 9.69 Å². The number of methoxy groups -OCH3 is 1. The lowest BCUT2D eigenvalue weighted by Gasteiger charge is -2.13. The maximum atomic E-state index is 12.2. The highest BCUT2D eigenvalue weighted by molar-refractivity contribution is 7.99. The van der Waals surface area contributed by atoms with Crippen molar-refractivity contribution >= 4 is 23.8 Å². The van der Waals surface area contributed by atoms with Gasteiger partial charge in [-0.15, -0.1) is 10.2 Å². The average Bonchev–Trinajstić information content (AvgIpc) is 3.25. The summed E-state index contributed by atoms with van der Waals surface area (Å²) in [5.74, 6) is 1.70. The monoisotopic (exact) mass is 390 g/mol. The van der Waals surface area contributed by atoms with Crippen molar-refractivity contribution in [2.75, 3.05) is 26.0 Å². The molecule has 0 N–H and O–H groups in total. The number of hydrogen-bond acceptors (Lipinski definition) is 7. The molecule has 1 aromatic carbocycles. The minimum Gasteiger partial charge on any atom is -0.497 e. The van der Waals surface area contributed by atoms with Gasteiger partial charge in [0.05, 0.1) is 19.4 Å². The number of cyclic esters (lactones) is 1. The second kappa shape index (κ2) is 8.43. The van der Waals surface area contributed by atoms with E-state index in [1.165, 1.54) is 11.8 Å². The van der Waals surface area contributed by atoms with Crippen LogP contribution in [0.5, 0.6) is 5.75 Å². The number of carbonyl (C=O) groups excluding carboxylic acids is 2. The predicted octanol–water partition coefficient (Wildman–Crippen LogP) is 2.68. The maximum absolute atomic E-state index is 12.2. The quantitative estimate of drug-likeness (QED) is 0.672. The van der Waals surface area contributed by atoms with E-state index in [1.807, 2.05) is 28.8 Å². The molecule has 2 aromatic rings. The molecule has 0 saturated carbocycles. The van der Waals surface area contributed by atoms with Crippen LogP contribution >= 0.6 is 11.8 Å². The first-order chi connectivity index (χ1) is 13.0. The van der Waals surface area contributed by atoms with Crippen LogP contribution in [-0.4, -0.2) is 57.7 Å². The topological polar surface area (TPSA) is 86.6 Å². The van der Waals surface area contributed by atoms with Crippen LogP contribution in [0.25, 0.3) is 11.4 Å². The normalized spacial score (nSPS) is 13.9. The molecule has 0 unspecified atom stereocenters. The highest BCUT2D eigenvalue weighted by atomic mass is 32.2. The molecular weight excluding hydrogens is 368 g/mol. The number of nitrogens with zero attached hydrogens (tertiary/aromatic N) is 4. The molecule has 8 nitrogen and oxygen atoms in total. The van der Waals surface area contributed by atoms with Crippen molar-refractivity contribution in [3.05, 3.63) is 24.3 Å². The largest absolute Gasteiger partial charge is 0.497 e. The van der Waals surface area contributed by atoms with Crippen LogP contribution in [0.2, 0.25) is 0 Å². The zero-order valence-corrected chi connectivity index (χ0v) is 16.4. The van der Waals surface area contributed by atoms with Gasteiger partial charge in [0, 0.05) is 12.1 Å². The summed E-state index contributed by atoms with van der Waals surface area (Å²) < 4.78 is 12.0. The van der Waals surface area contributed by atoms with Crippen LogP contribution in [-0.2, 0) is 16.1 Å². The molecule has 2 amide bonds. The third-order valence-electron chi connectivity index (χ3n) is 4.00. The molecule has 2 heterocycles. The number of amides is 2. The summed E-state index contributed by atoms with van der Waals surface area (Å²) in [5.41, 5.74) is 0.922. The molecule has 0 spiro atoms. The number of thioether (sulfide) groups is 1. The summed E-state index contributed by atoms with van der Waals surface area (Å²) in [7, 11) is 1.62. The van der Waals surface area contributed by atoms with E-state index < -0.39 is 6.09 Å². The van der Waals surface area contributed by atoms with E-state index in [0.29, 0.717) is 17.6 Å². The highest BCUT2D eigenvalue weighted by Gasteiger charge is 2.28. The van der Waals surface area contributed by atoms with Gasteiger partial charge in [0.2, 0.25) is 5.91 Å². The molecule has 3 rings (SSSR count). The molecule has 1 aliphatic heterocycles. The third-order valence-corrected chi connectivity index (χ3v) is 4.95. The Labute approximate surface area is 161 Å². The van der Waals surface area contributed by atoms with Crippen molar-refractivity contribution < 1.29 is 19.1 Å². The van der Waals surface area contributed by atoms with Gasteiger partial charge in [0.1, 0.15) is 12.4 Å². The minimum absolute atomic E-state index is 0.105. The fourth-order valence-electron chi connectivity index (χ4n) is 2.70. The molecule has 1 aromatic heterocycles. The summed E-state index contributed by atoms with van der Waals surface area (Å²) in [6, 6.07) is 7.61. The van der Waals surface area contributed by atoms with Crippen LogP contribution < -0.4 is 4.74 Å². The second-order valence-corrected chi connectivity index (χ2v) is 7.43. The van der Waals surface area contributed by atoms with Gasteiger partial charge in [-0.2, -0.15) is 0 Å². The van der Waals surface area contributed by atoms with Crippen molar-refractivity contribution in [3.8, 4) is 17.1 Å². The smallest absolute Gasteiger partial charge is 0.416 e. The van der Waals surface area contributed by atoms with Gasteiger partial charge < -0.3 is 14.0 Å². The minimum atomic E-state index is -0.580. The number of carbonyl (C=O) groups is 2. The number of hydrogen-bond donors (Lipinski definition) is 0. The number of aromatic nitrogens is 3. The number of benzene rings is 1. The lowest BCUT2D eigenvalue weighted by Crippen LogP contribution is -2.33. The van der Waals surface area contributed by atoms with Crippen molar-refractivity contribution in [3.63, 3.8) is 0 Å². The molecule has 0 bridgehead atoms. The van der Waals surface area contributed by atoms with E-state index in [0.717, 1.165) is 28.6 Å². The zero-order chi connectivity index (χ0) is 19.4. The molecule has 0 aliphatic carbocycles. The van der Waals surface area contributed by atoms with Gasteiger partial charge in [-0.1, -0.05) is 25.6 Å². The van der Waals surface area contributed by atoms with Crippen molar-refractivity contribution in [1.82, 2.24) is 19.7 Å².